The van der Waals surface area contributed by atoms with Crippen molar-refractivity contribution in [3.05, 3.63) is 23.8 Å². The Balaban J connectivity index is 2.83. The third kappa shape index (κ3) is 2.72. The van der Waals surface area contributed by atoms with Gasteiger partial charge in [-0.25, -0.2) is 0 Å². The van der Waals surface area contributed by atoms with Gasteiger partial charge >= 0.3 is 6.18 Å². The highest BCUT2D eigenvalue weighted by Crippen LogP contribution is 2.21. The zero-order valence-electron chi connectivity index (χ0n) is 8.10. The molecular formula is C10H12F3N. The van der Waals surface area contributed by atoms with Gasteiger partial charge in [-0.15, -0.1) is 0 Å². The van der Waals surface area contributed by atoms with E-state index in [2.05, 4.69) is 4.99 Å². The van der Waals surface area contributed by atoms with Gasteiger partial charge in [0.15, 0.2) is 0 Å². The van der Waals surface area contributed by atoms with E-state index >= 15 is 0 Å². The van der Waals surface area contributed by atoms with Crippen LogP contribution in [0.4, 0.5) is 13.2 Å². The van der Waals surface area contributed by atoms with Crippen LogP contribution in [-0.4, -0.2) is 18.4 Å². The first-order valence-corrected chi connectivity index (χ1v) is 4.40. The van der Waals surface area contributed by atoms with Crippen LogP contribution >= 0.6 is 0 Å². The highest BCUT2D eigenvalue weighted by Gasteiger charge is 2.33. The Labute approximate surface area is 81.0 Å². The maximum Gasteiger partial charge on any atom is 0.432 e. The molecule has 78 valence electrons. The second-order valence-electron chi connectivity index (χ2n) is 3.45. The van der Waals surface area contributed by atoms with Gasteiger partial charge in [0.25, 0.3) is 0 Å². The zero-order valence-corrected chi connectivity index (χ0v) is 8.10. The number of hydrogen-bond acceptors (Lipinski definition) is 1. The minimum Gasteiger partial charge on any atom is -0.276 e. The molecule has 1 rings (SSSR count). The molecule has 1 aliphatic heterocycles. The smallest absolute Gasteiger partial charge is 0.276 e. The molecule has 0 atom stereocenters. The fourth-order valence-corrected chi connectivity index (χ4v) is 1.10. The van der Waals surface area contributed by atoms with E-state index in [0.717, 1.165) is 11.6 Å². The highest BCUT2D eigenvalue weighted by molar-refractivity contribution is 6.00. The second-order valence-corrected chi connectivity index (χ2v) is 3.45. The van der Waals surface area contributed by atoms with Crippen LogP contribution < -0.4 is 0 Å². The SMILES string of the molecule is CC(C)C1=CC=CC(C(F)(F)F)=NC1. The molecule has 0 saturated heterocycles. The van der Waals surface area contributed by atoms with Crippen molar-refractivity contribution >= 4 is 5.71 Å². The zero-order chi connectivity index (χ0) is 10.8. The average Bonchev–Trinajstić information content (AvgIpc) is 2.26. The van der Waals surface area contributed by atoms with Crippen molar-refractivity contribution in [3.8, 4) is 0 Å². The fraction of sp³-hybridized carbons (Fsp3) is 0.500. The van der Waals surface area contributed by atoms with Gasteiger partial charge in [0.2, 0.25) is 0 Å². The van der Waals surface area contributed by atoms with E-state index in [1.165, 1.54) is 6.08 Å². The largest absolute Gasteiger partial charge is 0.432 e. The van der Waals surface area contributed by atoms with Crippen molar-refractivity contribution in [2.45, 2.75) is 20.0 Å². The predicted octanol–water partition coefficient (Wildman–Crippen LogP) is 3.14. The van der Waals surface area contributed by atoms with Gasteiger partial charge in [-0.2, -0.15) is 13.2 Å². The molecule has 0 bridgehead atoms. The number of alkyl halides is 3. The van der Waals surface area contributed by atoms with Crippen LogP contribution in [0.1, 0.15) is 13.8 Å². The minimum absolute atomic E-state index is 0.138. The van der Waals surface area contributed by atoms with Gasteiger partial charge < -0.3 is 0 Å². The molecule has 1 aliphatic rings. The Morgan fingerprint density at radius 1 is 1.36 bits per heavy atom. The third-order valence-corrected chi connectivity index (χ3v) is 2.03. The van der Waals surface area contributed by atoms with Crippen molar-refractivity contribution in [1.82, 2.24) is 0 Å². The number of hydrogen-bond donors (Lipinski definition) is 0. The first kappa shape index (κ1) is 11.0. The van der Waals surface area contributed by atoms with E-state index in [1.807, 2.05) is 13.8 Å². The molecular weight excluding hydrogens is 191 g/mol. The van der Waals surface area contributed by atoms with Crippen LogP contribution in [-0.2, 0) is 0 Å². The molecule has 0 saturated carbocycles. The van der Waals surface area contributed by atoms with Crippen molar-refractivity contribution in [2.75, 3.05) is 6.54 Å². The summed E-state index contributed by atoms with van der Waals surface area (Å²) in [5.41, 5.74) is 0.116. The Kier molecular flexibility index (Phi) is 3.13. The van der Waals surface area contributed by atoms with Gasteiger partial charge in [0.05, 0.1) is 6.54 Å². The fourth-order valence-electron chi connectivity index (χ4n) is 1.10. The summed E-state index contributed by atoms with van der Waals surface area (Å²) in [6.07, 6.45) is -0.215. The lowest BCUT2D eigenvalue weighted by Crippen LogP contribution is -2.21. The molecule has 1 heterocycles. The Hall–Kier alpha value is -1.06. The molecule has 0 aromatic carbocycles. The number of nitrogens with zero attached hydrogens (tertiary/aromatic N) is 1. The predicted molar refractivity (Wildman–Crippen MR) is 50.4 cm³/mol. The van der Waals surface area contributed by atoms with E-state index in [0.29, 0.717) is 0 Å². The van der Waals surface area contributed by atoms with Crippen LogP contribution in [0.25, 0.3) is 0 Å². The maximum atomic E-state index is 12.2. The number of aliphatic imine (C=N–C) groups is 1. The van der Waals surface area contributed by atoms with Crippen LogP contribution in [0, 0.1) is 5.92 Å². The summed E-state index contributed by atoms with van der Waals surface area (Å²) in [5.74, 6) is 0.232. The Morgan fingerprint density at radius 2 is 2.00 bits per heavy atom. The summed E-state index contributed by atoms with van der Waals surface area (Å²) in [7, 11) is 0. The molecule has 0 aliphatic carbocycles. The van der Waals surface area contributed by atoms with Gasteiger partial charge in [-0.05, 0) is 17.6 Å². The molecule has 0 fully saturated rings. The summed E-state index contributed by atoms with van der Waals surface area (Å²) in [5, 5.41) is 0. The quantitative estimate of drug-likeness (QED) is 0.620. The summed E-state index contributed by atoms with van der Waals surface area (Å²) >= 11 is 0. The van der Waals surface area contributed by atoms with Crippen LogP contribution in [0.5, 0.6) is 0 Å². The number of rotatable bonds is 1. The van der Waals surface area contributed by atoms with E-state index in [9.17, 15) is 13.2 Å². The van der Waals surface area contributed by atoms with Crippen LogP contribution in [0.3, 0.4) is 0 Å². The summed E-state index contributed by atoms with van der Waals surface area (Å²) < 4.78 is 36.7. The molecule has 0 amide bonds. The number of halogens is 3. The second kappa shape index (κ2) is 3.98. The molecule has 4 heteroatoms. The summed E-state index contributed by atoms with van der Waals surface area (Å²) in [4.78, 5) is 3.53. The Morgan fingerprint density at radius 3 is 2.50 bits per heavy atom. The topological polar surface area (TPSA) is 12.4 Å². The minimum atomic E-state index is -4.34. The first-order valence-electron chi connectivity index (χ1n) is 4.40. The Bertz CT molecular complexity index is 295. The van der Waals surface area contributed by atoms with E-state index in [4.69, 9.17) is 0 Å². The molecule has 1 nitrogen and oxygen atoms in total. The van der Waals surface area contributed by atoms with Gasteiger partial charge in [0.1, 0.15) is 5.71 Å². The van der Waals surface area contributed by atoms with Crippen molar-refractivity contribution in [2.24, 2.45) is 10.9 Å². The van der Waals surface area contributed by atoms with Crippen molar-refractivity contribution < 1.29 is 13.2 Å². The average molecular weight is 203 g/mol. The van der Waals surface area contributed by atoms with E-state index < -0.39 is 11.9 Å². The van der Waals surface area contributed by atoms with Gasteiger partial charge in [0, 0.05) is 0 Å². The molecule has 0 aromatic heterocycles. The molecule has 0 N–H and O–H groups in total. The lowest BCUT2D eigenvalue weighted by atomic mass is 10.0. The maximum absolute atomic E-state index is 12.2. The molecule has 0 unspecified atom stereocenters. The molecule has 0 aromatic rings. The van der Waals surface area contributed by atoms with E-state index in [-0.39, 0.29) is 12.5 Å². The van der Waals surface area contributed by atoms with Crippen LogP contribution in [0.15, 0.2) is 28.8 Å². The lowest BCUT2D eigenvalue weighted by molar-refractivity contribution is -0.0578. The third-order valence-electron chi connectivity index (χ3n) is 2.03. The molecule has 0 spiro atoms. The lowest BCUT2D eigenvalue weighted by Gasteiger charge is -2.08. The van der Waals surface area contributed by atoms with Gasteiger partial charge in [-0.3, -0.25) is 4.99 Å². The van der Waals surface area contributed by atoms with Crippen molar-refractivity contribution in [3.63, 3.8) is 0 Å². The van der Waals surface area contributed by atoms with Crippen LogP contribution in [0.2, 0.25) is 0 Å². The highest BCUT2D eigenvalue weighted by atomic mass is 19.4. The summed E-state index contributed by atoms with van der Waals surface area (Å²) in [6, 6.07) is 0. The van der Waals surface area contributed by atoms with E-state index in [1.54, 1.807) is 6.08 Å². The normalized spacial score (nSPS) is 17.9. The number of allylic oxidation sites excluding steroid dienone is 3. The summed E-state index contributed by atoms with van der Waals surface area (Å²) in [6.45, 7) is 4.01. The first-order chi connectivity index (χ1) is 6.41. The molecule has 0 radical (unpaired) electrons. The standard InChI is InChI=1S/C10H12F3N/c1-7(2)8-4-3-5-9(14-6-8)10(11,12)13/h3-5,7H,6H2,1-2H3. The monoisotopic (exact) mass is 203 g/mol. The van der Waals surface area contributed by atoms with Crippen molar-refractivity contribution in [1.29, 1.82) is 0 Å². The van der Waals surface area contributed by atoms with Gasteiger partial charge in [-0.1, -0.05) is 26.0 Å². The molecule has 14 heavy (non-hydrogen) atoms.